The first kappa shape index (κ1) is 37.6. The van der Waals surface area contributed by atoms with Gasteiger partial charge in [0.1, 0.15) is 0 Å². The molecule has 4 heteroatoms. The normalized spacial score (nSPS) is 13.6. The van der Waals surface area contributed by atoms with E-state index in [9.17, 15) is 15.0 Å². The summed E-state index contributed by atoms with van der Waals surface area (Å²) in [5, 5.41) is 22.8. The molecule has 0 unspecified atom stereocenters. The van der Waals surface area contributed by atoms with Gasteiger partial charge in [-0.1, -0.05) is 127 Å². The smallest absolute Gasteiger partial charge is 0.220 e. The number of carbonyl (C=O) groups excluding carboxylic acids is 1. The number of carbonyl (C=O) groups is 1. The molecule has 3 N–H and O–H groups in total. The standard InChI is InChI=1S/C35H65NO3/c1-3-5-7-9-11-13-15-17-19-21-23-25-27-29-31-35(39)36-33(32-37)34(38)30-28-26-24-22-20-18-16-14-12-10-8-6-4-2/h8,10,15,17,28,30,33-34,37-38H,3-7,9,11-14,16,18-27,29,31-32H2,1-2H3,(H,36,39)/b10-8+,17-15+,30-28+/t33-,34+/m0/s1. The van der Waals surface area contributed by atoms with Crippen LogP contribution < -0.4 is 5.32 Å². The summed E-state index contributed by atoms with van der Waals surface area (Å²) in [7, 11) is 0. The van der Waals surface area contributed by atoms with Gasteiger partial charge in [0.25, 0.3) is 0 Å². The van der Waals surface area contributed by atoms with Crippen LogP contribution in [0.4, 0.5) is 0 Å². The highest BCUT2D eigenvalue weighted by atomic mass is 16.3. The van der Waals surface area contributed by atoms with Gasteiger partial charge in [-0.15, -0.1) is 0 Å². The number of hydrogen-bond donors (Lipinski definition) is 3. The Morgan fingerprint density at radius 3 is 1.51 bits per heavy atom. The van der Waals surface area contributed by atoms with Crippen molar-refractivity contribution in [2.75, 3.05) is 6.61 Å². The van der Waals surface area contributed by atoms with Gasteiger partial charge in [-0.05, 0) is 64.2 Å². The second-order valence-electron chi connectivity index (χ2n) is 11.2. The molecule has 0 radical (unpaired) electrons. The zero-order valence-electron chi connectivity index (χ0n) is 25.9. The summed E-state index contributed by atoms with van der Waals surface area (Å²) in [6.07, 6.45) is 39.3. The van der Waals surface area contributed by atoms with E-state index in [0.29, 0.717) is 6.42 Å². The second-order valence-corrected chi connectivity index (χ2v) is 11.2. The van der Waals surface area contributed by atoms with Crippen molar-refractivity contribution in [3.8, 4) is 0 Å². The Labute approximate surface area is 242 Å². The molecular formula is C35H65NO3. The lowest BCUT2D eigenvalue weighted by Gasteiger charge is -2.20. The number of amides is 1. The van der Waals surface area contributed by atoms with Gasteiger partial charge < -0.3 is 15.5 Å². The van der Waals surface area contributed by atoms with Gasteiger partial charge in [0.2, 0.25) is 5.91 Å². The third-order valence-corrected chi connectivity index (χ3v) is 7.32. The zero-order chi connectivity index (χ0) is 28.7. The van der Waals surface area contributed by atoms with E-state index in [1.807, 2.05) is 6.08 Å². The van der Waals surface area contributed by atoms with Crippen molar-refractivity contribution in [1.29, 1.82) is 0 Å². The van der Waals surface area contributed by atoms with E-state index < -0.39 is 12.1 Å². The molecule has 0 aromatic carbocycles. The van der Waals surface area contributed by atoms with Crippen LogP contribution in [0, 0.1) is 0 Å². The first-order chi connectivity index (χ1) is 19.2. The van der Waals surface area contributed by atoms with E-state index in [-0.39, 0.29) is 12.5 Å². The highest BCUT2D eigenvalue weighted by molar-refractivity contribution is 5.76. The van der Waals surface area contributed by atoms with E-state index in [2.05, 4.69) is 43.5 Å². The zero-order valence-corrected chi connectivity index (χ0v) is 25.9. The Morgan fingerprint density at radius 1 is 0.590 bits per heavy atom. The SMILES string of the molecule is CCC/C=C/CCCCCCCC/C=C/[C@@H](O)[C@H](CO)NC(=O)CCCCCCC/C=C/CCCCCCC. The Balaban J connectivity index is 3.69. The number of aliphatic hydroxyl groups is 2. The minimum absolute atomic E-state index is 0.0794. The molecule has 2 atom stereocenters. The Bertz CT molecular complexity index is 599. The summed E-state index contributed by atoms with van der Waals surface area (Å²) in [6, 6.07) is -0.626. The van der Waals surface area contributed by atoms with Crippen LogP contribution in [0.25, 0.3) is 0 Å². The highest BCUT2D eigenvalue weighted by Crippen LogP contribution is 2.11. The Morgan fingerprint density at radius 2 is 1.03 bits per heavy atom. The van der Waals surface area contributed by atoms with Crippen molar-refractivity contribution < 1.29 is 15.0 Å². The summed E-state index contributed by atoms with van der Waals surface area (Å²) in [5.74, 6) is -0.0794. The lowest BCUT2D eigenvalue weighted by molar-refractivity contribution is -0.123. The molecule has 0 aliphatic carbocycles. The molecule has 39 heavy (non-hydrogen) atoms. The number of nitrogens with one attached hydrogen (secondary N) is 1. The van der Waals surface area contributed by atoms with Crippen LogP contribution >= 0.6 is 0 Å². The summed E-state index contributed by atoms with van der Waals surface area (Å²) < 4.78 is 0. The summed E-state index contributed by atoms with van der Waals surface area (Å²) >= 11 is 0. The van der Waals surface area contributed by atoms with Crippen molar-refractivity contribution >= 4 is 5.91 Å². The van der Waals surface area contributed by atoms with Gasteiger partial charge in [0, 0.05) is 6.42 Å². The molecule has 0 rings (SSSR count). The fraction of sp³-hybridized carbons (Fsp3) is 0.800. The van der Waals surface area contributed by atoms with Crippen molar-refractivity contribution in [2.24, 2.45) is 0 Å². The average molecular weight is 548 g/mol. The van der Waals surface area contributed by atoms with Crippen LogP contribution in [0.5, 0.6) is 0 Å². The van der Waals surface area contributed by atoms with Crippen LogP contribution in [0.1, 0.15) is 162 Å². The van der Waals surface area contributed by atoms with E-state index in [0.717, 1.165) is 38.5 Å². The van der Waals surface area contributed by atoms with Gasteiger partial charge in [-0.25, -0.2) is 0 Å². The Kier molecular flexibility index (Phi) is 30.0. The monoisotopic (exact) mass is 547 g/mol. The highest BCUT2D eigenvalue weighted by Gasteiger charge is 2.17. The first-order valence-corrected chi connectivity index (χ1v) is 16.7. The topological polar surface area (TPSA) is 69.6 Å². The fourth-order valence-corrected chi connectivity index (χ4v) is 4.70. The maximum absolute atomic E-state index is 12.3. The minimum Gasteiger partial charge on any atom is -0.394 e. The van der Waals surface area contributed by atoms with E-state index in [4.69, 9.17) is 0 Å². The largest absolute Gasteiger partial charge is 0.394 e. The van der Waals surface area contributed by atoms with Crippen LogP contribution in [0.3, 0.4) is 0 Å². The molecule has 1 amide bonds. The van der Waals surface area contributed by atoms with Crippen LogP contribution in [-0.4, -0.2) is 34.9 Å². The van der Waals surface area contributed by atoms with E-state index in [1.54, 1.807) is 6.08 Å². The van der Waals surface area contributed by atoms with Gasteiger partial charge in [0.15, 0.2) is 0 Å². The van der Waals surface area contributed by atoms with Gasteiger partial charge in [0.05, 0.1) is 18.8 Å². The molecule has 0 heterocycles. The van der Waals surface area contributed by atoms with E-state index in [1.165, 1.54) is 103 Å². The minimum atomic E-state index is -0.843. The predicted octanol–water partition coefficient (Wildman–Crippen LogP) is 9.51. The van der Waals surface area contributed by atoms with Crippen LogP contribution in [-0.2, 0) is 4.79 Å². The van der Waals surface area contributed by atoms with Gasteiger partial charge in [-0.2, -0.15) is 0 Å². The van der Waals surface area contributed by atoms with Gasteiger partial charge in [-0.3, -0.25) is 4.79 Å². The number of hydrogen-bond acceptors (Lipinski definition) is 3. The molecule has 0 spiro atoms. The molecule has 0 fully saturated rings. The molecule has 0 bridgehead atoms. The van der Waals surface area contributed by atoms with Crippen molar-refractivity contribution in [2.45, 2.75) is 174 Å². The summed E-state index contributed by atoms with van der Waals surface area (Å²) in [5.41, 5.74) is 0. The van der Waals surface area contributed by atoms with Gasteiger partial charge >= 0.3 is 0 Å². The molecule has 4 nitrogen and oxygen atoms in total. The quantitative estimate of drug-likeness (QED) is 0.0645. The maximum atomic E-state index is 12.3. The lowest BCUT2D eigenvalue weighted by atomic mass is 10.1. The van der Waals surface area contributed by atoms with E-state index >= 15 is 0 Å². The summed E-state index contributed by atoms with van der Waals surface area (Å²) in [4.78, 5) is 12.3. The fourth-order valence-electron chi connectivity index (χ4n) is 4.70. The van der Waals surface area contributed by atoms with Crippen LogP contribution in [0.15, 0.2) is 36.5 Å². The molecule has 0 aromatic rings. The van der Waals surface area contributed by atoms with Crippen molar-refractivity contribution in [1.82, 2.24) is 5.32 Å². The molecule has 0 aliphatic heterocycles. The van der Waals surface area contributed by atoms with Crippen LogP contribution in [0.2, 0.25) is 0 Å². The molecular weight excluding hydrogens is 482 g/mol. The molecule has 0 aliphatic rings. The summed E-state index contributed by atoms with van der Waals surface area (Å²) in [6.45, 7) is 4.22. The maximum Gasteiger partial charge on any atom is 0.220 e. The third kappa shape index (κ3) is 28.0. The third-order valence-electron chi connectivity index (χ3n) is 7.32. The average Bonchev–Trinajstić information content (AvgIpc) is 2.94. The van der Waals surface area contributed by atoms with Crippen molar-refractivity contribution in [3.05, 3.63) is 36.5 Å². The number of unbranched alkanes of at least 4 members (excludes halogenated alkanes) is 18. The lowest BCUT2D eigenvalue weighted by Crippen LogP contribution is -2.45. The molecule has 228 valence electrons. The molecule has 0 saturated heterocycles. The Hall–Kier alpha value is -1.39. The predicted molar refractivity (Wildman–Crippen MR) is 170 cm³/mol. The number of rotatable bonds is 29. The molecule has 0 saturated carbocycles. The van der Waals surface area contributed by atoms with Crippen molar-refractivity contribution in [3.63, 3.8) is 0 Å². The number of allylic oxidation sites excluding steroid dienone is 5. The second kappa shape index (κ2) is 31.1. The molecule has 0 aromatic heterocycles. The first-order valence-electron chi connectivity index (χ1n) is 16.7. The number of aliphatic hydroxyl groups excluding tert-OH is 2.